The molecule has 1 aromatic heterocycles. The first kappa shape index (κ1) is 19.3. The zero-order valence-corrected chi connectivity index (χ0v) is 14.9. The molecule has 0 saturated heterocycles. The molecule has 1 saturated carbocycles. The Morgan fingerprint density at radius 3 is 2.84 bits per heavy atom. The van der Waals surface area contributed by atoms with E-state index >= 15 is 0 Å². The summed E-state index contributed by atoms with van der Waals surface area (Å²) in [6.45, 7) is 3.04. The lowest BCUT2D eigenvalue weighted by atomic mass is 10.2. The standard InChI is InChI=1S/C14H20N3O7P/c1-9(2)12(18)23-8-14(24-25(20,21)22-3)6-10(14)7-17-5-4-11(15)16-13(17)19/h4-5,7,9H,6,8H2,1-3H3,(H,20,21)(H2,15,16,19)/b10-7-/t14-/m1/s1. The summed E-state index contributed by atoms with van der Waals surface area (Å²) < 4.78 is 27.6. The van der Waals surface area contributed by atoms with Crippen LogP contribution in [-0.4, -0.2) is 39.7 Å². The molecule has 2 rings (SSSR count). The number of hydrogen-bond donors (Lipinski definition) is 2. The van der Waals surface area contributed by atoms with Gasteiger partial charge in [-0.2, -0.15) is 4.98 Å². The molecular weight excluding hydrogens is 353 g/mol. The predicted molar refractivity (Wildman–Crippen MR) is 88.2 cm³/mol. The molecular formula is C14H20N3O7P. The molecule has 25 heavy (non-hydrogen) atoms. The molecule has 1 fully saturated rings. The molecule has 0 radical (unpaired) electrons. The second-order valence-electron chi connectivity index (χ2n) is 5.87. The fraction of sp³-hybridized carbons (Fsp3) is 0.500. The molecule has 10 nitrogen and oxygen atoms in total. The molecule has 3 N–H and O–H groups in total. The van der Waals surface area contributed by atoms with Gasteiger partial charge in [0.15, 0.2) is 0 Å². The molecule has 1 heterocycles. The monoisotopic (exact) mass is 373 g/mol. The van der Waals surface area contributed by atoms with Gasteiger partial charge in [0, 0.05) is 25.9 Å². The smallest absolute Gasteiger partial charge is 0.462 e. The van der Waals surface area contributed by atoms with E-state index in [1.807, 2.05) is 0 Å². The van der Waals surface area contributed by atoms with Gasteiger partial charge in [-0.3, -0.25) is 18.4 Å². The highest BCUT2D eigenvalue weighted by atomic mass is 31.2. The Morgan fingerprint density at radius 1 is 1.60 bits per heavy atom. The van der Waals surface area contributed by atoms with E-state index in [0.717, 1.165) is 11.7 Å². The van der Waals surface area contributed by atoms with E-state index in [-0.39, 0.29) is 24.8 Å². The zero-order chi connectivity index (χ0) is 18.8. The second kappa shape index (κ2) is 7.09. The maximum Gasteiger partial charge on any atom is 0.472 e. The fourth-order valence-corrected chi connectivity index (χ4v) is 2.74. The van der Waals surface area contributed by atoms with Crippen LogP contribution in [-0.2, 0) is 23.1 Å². The van der Waals surface area contributed by atoms with E-state index in [9.17, 15) is 19.0 Å². The van der Waals surface area contributed by atoms with Gasteiger partial charge in [-0.25, -0.2) is 9.36 Å². The summed E-state index contributed by atoms with van der Waals surface area (Å²) in [5.41, 5.74) is 3.95. The Bertz CT molecular complexity index is 804. The van der Waals surface area contributed by atoms with Gasteiger partial charge in [0.1, 0.15) is 18.0 Å². The van der Waals surface area contributed by atoms with Gasteiger partial charge in [0.25, 0.3) is 0 Å². The summed E-state index contributed by atoms with van der Waals surface area (Å²) in [6.07, 6.45) is 2.98. The molecule has 0 spiro atoms. The molecule has 1 aliphatic rings. The minimum Gasteiger partial charge on any atom is -0.462 e. The zero-order valence-electron chi connectivity index (χ0n) is 14.0. The van der Waals surface area contributed by atoms with E-state index in [1.165, 1.54) is 18.5 Å². The predicted octanol–water partition coefficient (Wildman–Crippen LogP) is 0.771. The maximum atomic E-state index is 11.8. The minimum atomic E-state index is -4.33. The molecule has 11 heteroatoms. The molecule has 0 bridgehead atoms. The number of esters is 1. The number of nitrogens with two attached hydrogens (primary N) is 1. The van der Waals surface area contributed by atoms with Crippen LogP contribution in [0.2, 0.25) is 0 Å². The lowest BCUT2D eigenvalue weighted by Gasteiger charge is -2.19. The van der Waals surface area contributed by atoms with Gasteiger partial charge in [0.2, 0.25) is 0 Å². The van der Waals surface area contributed by atoms with Gasteiger partial charge in [-0.15, -0.1) is 0 Å². The minimum absolute atomic E-state index is 0.0723. The first-order chi connectivity index (χ1) is 11.6. The first-order valence-electron chi connectivity index (χ1n) is 7.40. The summed E-state index contributed by atoms with van der Waals surface area (Å²) >= 11 is 0. The summed E-state index contributed by atoms with van der Waals surface area (Å²) in [7, 11) is -3.31. The van der Waals surface area contributed by atoms with Gasteiger partial charge in [0.05, 0.1) is 5.92 Å². The van der Waals surface area contributed by atoms with Crippen molar-refractivity contribution in [2.45, 2.75) is 25.9 Å². The quantitative estimate of drug-likeness (QED) is 0.523. The van der Waals surface area contributed by atoms with Crippen LogP contribution in [0.15, 0.2) is 22.6 Å². The summed E-state index contributed by atoms with van der Waals surface area (Å²) in [4.78, 5) is 36.6. The van der Waals surface area contributed by atoms with Crippen LogP contribution in [0.4, 0.5) is 5.82 Å². The summed E-state index contributed by atoms with van der Waals surface area (Å²) in [5.74, 6) is -0.774. The van der Waals surface area contributed by atoms with Crippen molar-refractivity contribution in [3.8, 4) is 0 Å². The van der Waals surface area contributed by atoms with Crippen molar-refractivity contribution in [1.82, 2.24) is 9.55 Å². The normalized spacial score (nSPS) is 23.5. The molecule has 0 aliphatic heterocycles. The van der Waals surface area contributed by atoms with E-state index in [1.54, 1.807) is 13.8 Å². The Balaban J connectivity index is 2.26. The highest BCUT2D eigenvalue weighted by Crippen LogP contribution is 2.58. The maximum absolute atomic E-state index is 11.8. The highest BCUT2D eigenvalue weighted by Gasteiger charge is 2.56. The third-order valence-electron chi connectivity index (χ3n) is 3.52. The summed E-state index contributed by atoms with van der Waals surface area (Å²) in [6, 6.07) is 1.42. The van der Waals surface area contributed by atoms with Gasteiger partial charge < -0.3 is 15.4 Å². The second-order valence-corrected chi connectivity index (χ2v) is 7.36. The average Bonchev–Trinajstić information content (AvgIpc) is 3.19. The van der Waals surface area contributed by atoms with E-state index in [2.05, 4.69) is 9.51 Å². The van der Waals surface area contributed by atoms with Crippen molar-refractivity contribution in [3.63, 3.8) is 0 Å². The Hall–Kier alpha value is -2.00. The number of aromatic nitrogens is 2. The number of phosphoric ester groups is 1. The molecule has 0 amide bonds. The molecule has 1 aliphatic carbocycles. The van der Waals surface area contributed by atoms with Crippen LogP contribution in [0.25, 0.3) is 6.20 Å². The van der Waals surface area contributed by atoms with Crippen LogP contribution < -0.4 is 11.4 Å². The van der Waals surface area contributed by atoms with Crippen LogP contribution in [0.5, 0.6) is 0 Å². The van der Waals surface area contributed by atoms with Crippen molar-refractivity contribution in [2.75, 3.05) is 19.5 Å². The Labute approximate surface area is 143 Å². The third kappa shape index (κ3) is 4.76. The average molecular weight is 373 g/mol. The first-order valence-corrected chi connectivity index (χ1v) is 8.90. The number of rotatable bonds is 7. The summed E-state index contributed by atoms with van der Waals surface area (Å²) in [5, 5.41) is 0. The Morgan fingerprint density at radius 2 is 2.28 bits per heavy atom. The molecule has 138 valence electrons. The van der Waals surface area contributed by atoms with E-state index < -0.39 is 25.1 Å². The van der Waals surface area contributed by atoms with E-state index in [4.69, 9.17) is 15.0 Å². The number of ether oxygens (including phenoxy) is 1. The van der Waals surface area contributed by atoms with E-state index in [0.29, 0.717) is 5.57 Å². The highest BCUT2D eigenvalue weighted by molar-refractivity contribution is 7.47. The van der Waals surface area contributed by atoms with Crippen molar-refractivity contribution in [3.05, 3.63) is 28.3 Å². The van der Waals surface area contributed by atoms with Crippen LogP contribution in [0.3, 0.4) is 0 Å². The largest absolute Gasteiger partial charge is 0.472 e. The molecule has 2 atom stereocenters. The van der Waals surface area contributed by atoms with Crippen molar-refractivity contribution in [2.24, 2.45) is 5.92 Å². The number of carbonyl (C=O) groups is 1. The topological polar surface area (TPSA) is 143 Å². The van der Waals surface area contributed by atoms with Crippen molar-refractivity contribution in [1.29, 1.82) is 0 Å². The third-order valence-corrected chi connectivity index (χ3v) is 4.56. The van der Waals surface area contributed by atoms with Gasteiger partial charge >= 0.3 is 19.5 Å². The number of carbonyl (C=O) groups excluding carboxylic acids is 1. The Kier molecular flexibility index (Phi) is 5.48. The number of nitrogen functional groups attached to an aromatic ring is 1. The van der Waals surface area contributed by atoms with Crippen LogP contribution >= 0.6 is 7.82 Å². The van der Waals surface area contributed by atoms with Crippen molar-refractivity contribution < 1.29 is 28.0 Å². The number of phosphoric acid groups is 1. The SMILES string of the molecule is COP(=O)(O)O[C@@]1(COC(=O)C(C)C)C/C1=C/n1ccc(N)nc1=O. The number of hydrogen-bond acceptors (Lipinski definition) is 8. The van der Waals surface area contributed by atoms with Gasteiger partial charge in [-0.1, -0.05) is 13.8 Å². The lowest BCUT2D eigenvalue weighted by Crippen LogP contribution is -2.26. The molecule has 1 unspecified atom stereocenters. The fourth-order valence-electron chi connectivity index (χ4n) is 1.99. The van der Waals surface area contributed by atoms with Gasteiger partial charge in [-0.05, 0) is 11.6 Å². The van der Waals surface area contributed by atoms with Crippen molar-refractivity contribution >= 4 is 25.8 Å². The molecule has 0 aromatic carbocycles. The van der Waals surface area contributed by atoms with Crippen LogP contribution in [0, 0.1) is 5.92 Å². The molecule has 1 aromatic rings. The number of nitrogens with zero attached hydrogens (tertiary/aromatic N) is 2. The lowest BCUT2D eigenvalue weighted by molar-refractivity contribution is -0.150. The van der Waals surface area contributed by atoms with Crippen LogP contribution in [0.1, 0.15) is 20.3 Å². The number of anilines is 1.